The van der Waals surface area contributed by atoms with E-state index in [1.807, 2.05) is 4.57 Å². The van der Waals surface area contributed by atoms with Crippen LogP contribution in [0.25, 0.3) is 22.2 Å². The van der Waals surface area contributed by atoms with E-state index < -0.39 is 34.0 Å². The van der Waals surface area contributed by atoms with Gasteiger partial charge in [-0.1, -0.05) is 6.92 Å². The first-order chi connectivity index (χ1) is 17.9. The average molecular weight is 524 g/mol. The molecule has 0 unspecified atom stereocenters. The van der Waals surface area contributed by atoms with Gasteiger partial charge < -0.3 is 24.1 Å². The van der Waals surface area contributed by atoms with Gasteiger partial charge in [0, 0.05) is 36.6 Å². The smallest absolute Gasteiger partial charge is 0.343 e. The summed E-state index contributed by atoms with van der Waals surface area (Å²) in [5, 5.41) is 21.7. The molecule has 1 aromatic carbocycles. The van der Waals surface area contributed by atoms with Crippen LogP contribution < -0.4 is 11.0 Å². The van der Waals surface area contributed by atoms with E-state index in [0.29, 0.717) is 30.0 Å². The Balaban J connectivity index is 1.59. The number of hydrogen-bond acceptors (Lipinski definition) is 7. The minimum atomic E-state index is -1.99. The zero-order valence-electron chi connectivity index (χ0n) is 21.6. The van der Waals surface area contributed by atoms with Crippen LogP contribution in [0.2, 0.25) is 0 Å². The molecule has 10 heteroatoms. The number of carbonyl (C=O) groups excluding carboxylic acids is 1. The molecule has 0 spiro atoms. The second-order valence-corrected chi connectivity index (χ2v) is 11.3. The highest BCUT2D eigenvalue weighted by Gasteiger charge is 2.46. The highest BCUT2D eigenvalue weighted by molar-refractivity contribution is 5.88. The number of esters is 1. The van der Waals surface area contributed by atoms with E-state index in [4.69, 9.17) is 4.74 Å². The van der Waals surface area contributed by atoms with Gasteiger partial charge in [0.2, 0.25) is 0 Å². The number of nitrogens with zero attached hydrogens (tertiary/aromatic N) is 3. The van der Waals surface area contributed by atoms with Gasteiger partial charge in [0.15, 0.2) is 11.0 Å². The molecule has 3 aliphatic heterocycles. The van der Waals surface area contributed by atoms with Gasteiger partial charge in [-0.25, -0.2) is 9.18 Å². The van der Waals surface area contributed by atoms with Crippen LogP contribution in [-0.2, 0) is 28.3 Å². The number of halogens is 1. The number of ether oxygens (including phenoxy) is 1. The van der Waals surface area contributed by atoms with Crippen molar-refractivity contribution in [1.29, 1.82) is 0 Å². The third kappa shape index (κ3) is 3.58. The summed E-state index contributed by atoms with van der Waals surface area (Å²) in [6, 6.07) is 5.63. The molecule has 0 radical (unpaired) electrons. The van der Waals surface area contributed by atoms with E-state index in [1.54, 1.807) is 32.9 Å². The zero-order valence-corrected chi connectivity index (χ0v) is 21.6. The first kappa shape index (κ1) is 25.0. The van der Waals surface area contributed by atoms with Crippen molar-refractivity contribution in [3.05, 3.63) is 67.5 Å². The molecular formula is C28H30FN3O6. The summed E-state index contributed by atoms with van der Waals surface area (Å²) in [4.78, 5) is 42.1. The van der Waals surface area contributed by atoms with Crippen molar-refractivity contribution in [2.75, 3.05) is 19.6 Å². The summed E-state index contributed by atoms with van der Waals surface area (Å²) in [6.07, 6.45) is 0.748. The van der Waals surface area contributed by atoms with E-state index in [2.05, 4.69) is 4.90 Å². The van der Waals surface area contributed by atoms with E-state index in [1.165, 1.54) is 16.7 Å². The van der Waals surface area contributed by atoms with Gasteiger partial charge in [0.05, 0.1) is 40.2 Å². The van der Waals surface area contributed by atoms with E-state index in [-0.39, 0.29) is 47.7 Å². The maximum absolute atomic E-state index is 14.4. The number of β-amino-alcohol motifs (C(OH)–C–C–N with tert-alkyl or cyclic N) is 1. The second-order valence-electron chi connectivity index (χ2n) is 11.3. The molecule has 3 aliphatic rings. The van der Waals surface area contributed by atoms with Gasteiger partial charge in [-0.05, 0) is 51.0 Å². The number of fused-ring (bicyclic) bond motifs is 5. The fourth-order valence-electron chi connectivity index (χ4n) is 6.40. The van der Waals surface area contributed by atoms with Gasteiger partial charge in [0.1, 0.15) is 12.4 Å². The summed E-state index contributed by atoms with van der Waals surface area (Å²) in [7, 11) is 0. The van der Waals surface area contributed by atoms with Crippen molar-refractivity contribution in [1.82, 2.24) is 14.0 Å². The number of aliphatic hydroxyl groups is 2. The predicted molar refractivity (Wildman–Crippen MR) is 137 cm³/mol. The van der Waals surface area contributed by atoms with Crippen LogP contribution in [-0.4, -0.2) is 55.5 Å². The molecule has 38 heavy (non-hydrogen) atoms. The number of benzene rings is 1. The fourth-order valence-corrected chi connectivity index (χ4v) is 6.40. The Labute approximate surface area is 217 Å². The molecular weight excluding hydrogens is 493 g/mol. The minimum Gasteiger partial charge on any atom is -0.458 e. The summed E-state index contributed by atoms with van der Waals surface area (Å²) >= 11 is 0. The maximum Gasteiger partial charge on any atom is 0.343 e. The van der Waals surface area contributed by atoms with Crippen molar-refractivity contribution < 1.29 is 24.1 Å². The quantitative estimate of drug-likeness (QED) is 0.394. The lowest BCUT2D eigenvalue weighted by atomic mass is 9.85. The van der Waals surface area contributed by atoms with Gasteiger partial charge >= 0.3 is 5.97 Å². The molecule has 2 atom stereocenters. The van der Waals surface area contributed by atoms with Gasteiger partial charge in [-0.15, -0.1) is 0 Å². The maximum atomic E-state index is 14.4. The molecule has 0 aliphatic carbocycles. The number of hydrogen-bond donors (Lipinski definition) is 2. The van der Waals surface area contributed by atoms with Gasteiger partial charge in [-0.3, -0.25) is 14.5 Å². The van der Waals surface area contributed by atoms with Crippen molar-refractivity contribution in [2.24, 2.45) is 0 Å². The molecule has 9 nitrogen and oxygen atoms in total. The first-order valence-corrected chi connectivity index (χ1v) is 12.9. The number of rotatable bonds is 4. The topological polar surface area (TPSA) is 114 Å². The van der Waals surface area contributed by atoms with E-state index in [0.717, 1.165) is 13.0 Å². The van der Waals surface area contributed by atoms with Crippen LogP contribution in [0, 0.1) is 5.82 Å². The zero-order chi connectivity index (χ0) is 27.1. The van der Waals surface area contributed by atoms with Crippen LogP contribution >= 0.6 is 0 Å². The predicted octanol–water partition coefficient (Wildman–Crippen LogP) is 2.00. The largest absolute Gasteiger partial charge is 0.458 e. The van der Waals surface area contributed by atoms with Crippen LogP contribution in [0.3, 0.4) is 0 Å². The van der Waals surface area contributed by atoms with Gasteiger partial charge in [-0.2, -0.15) is 0 Å². The number of cyclic esters (lactones) is 1. The molecule has 5 heterocycles. The molecule has 3 aromatic rings. The Bertz CT molecular complexity index is 1630. The third-order valence-electron chi connectivity index (χ3n) is 8.10. The third-order valence-corrected chi connectivity index (χ3v) is 8.10. The summed E-state index contributed by atoms with van der Waals surface area (Å²) in [5.41, 5.74) is -1.54. The number of aromatic nitrogens is 2. The molecule has 0 bridgehead atoms. The number of carbonyl (C=O) groups is 1. The van der Waals surface area contributed by atoms with Crippen molar-refractivity contribution in [3.63, 3.8) is 0 Å². The molecule has 0 amide bonds. The normalized spacial score (nSPS) is 22.9. The van der Waals surface area contributed by atoms with Crippen molar-refractivity contribution in [3.8, 4) is 11.3 Å². The monoisotopic (exact) mass is 523 g/mol. The standard InChI is InChI=1S/C28H30FN3O6/c1-4-28(37)19-10-21-23-22(12-31(21)25(34)18(19)13-38-26(28)35)32(16-7-8-30(11-16)14-27(2,3)36)20-6-5-15(29)9-17(20)24(23)33/h5-6,9-10,16,36-37H,4,7-8,11-14H2,1-3H3/t16-,28+/m1/s1. The lowest BCUT2D eigenvalue weighted by molar-refractivity contribution is -0.172. The Morgan fingerprint density at radius 3 is 2.68 bits per heavy atom. The van der Waals surface area contributed by atoms with E-state index >= 15 is 0 Å². The molecule has 2 aromatic heterocycles. The van der Waals surface area contributed by atoms with Crippen molar-refractivity contribution >= 4 is 16.9 Å². The van der Waals surface area contributed by atoms with E-state index in [9.17, 15) is 29.0 Å². The summed E-state index contributed by atoms with van der Waals surface area (Å²) in [5.74, 6) is -1.37. The van der Waals surface area contributed by atoms with Crippen LogP contribution in [0.4, 0.5) is 4.39 Å². The average Bonchev–Trinajstić information content (AvgIpc) is 3.46. The second kappa shape index (κ2) is 8.33. The summed E-state index contributed by atoms with van der Waals surface area (Å²) < 4.78 is 23.0. The van der Waals surface area contributed by atoms with Crippen molar-refractivity contribution in [2.45, 2.75) is 64.0 Å². The van der Waals surface area contributed by atoms with Crippen LogP contribution in [0.5, 0.6) is 0 Å². The first-order valence-electron chi connectivity index (χ1n) is 12.9. The SMILES string of the molecule is CC[C@@]1(O)C(=O)OCc2c1cc1n(c2=O)Cc2c-1c(=O)c1cc(F)ccc1n2[C@@H]1CCN(CC(C)(C)O)C1. The highest BCUT2D eigenvalue weighted by Crippen LogP contribution is 2.40. The Morgan fingerprint density at radius 2 is 1.97 bits per heavy atom. The Morgan fingerprint density at radius 1 is 1.21 bits per heavy atom. The number of pyridine rings is 2. The van der Waals surface area contributed by atoms with Crippen LogP contribution in [0.1, 0.15) is 56.5 Å². The number of likely N-dealkylation sites (tertiary alicyclic amines) is 1. The molecule has 0 saturated carbocycles. The summed E-state index contributed by atoms with van der Waals surface area (Å²) in [6.45, 7) is 6.84. The molecule has 6 rings (SSSR count). The Kier molecular flexibility index (Phi) is 5.47. The molecule has 200 valence electrons. The molecule has 1 fully saturated rings. The van der Waals surface area contributed by atoms with Gasteiger partial charge in [0.25, 0.3) is 5.56 Å². The molecule has 2 N–H and O–H groups in total. The minimum absolute atomic E-state index is 0.000855. The lowest BCUT2D eigenvalue weighted by Gasteiger charge is -2.31. The highest BCUT2D eigenvalue weighted by atomic mass is 19.1. The lowest BCUT2D eigenvalue weighted by Crippen LogP contribution is -2.44. The van der Waals surface area contributed by atoms with Crippen LogP contribution in [0.15, 0.2) is 33.9 Å². The Hall–Kier alpha value is -3.34. The fraction of sp³-hybridized carbons (Fsp3) is 0.464. The molecule has 1 saturated heterocycles.